The van der Waals surface area contributed by atoms with Gasteiger partial charge in [0, 0.05) is 26.0 Å². The largest absolute Gasteiger partial charge is 0.329 e. The zero-order chi connectivity index (χ0) is 10.7. The van der Waals surface area contributed by atoms with Crippen molar-refractivity contribution in [2.45, 2.75) is 16.7 Å². The predicted octanol–water partition coefficient (Wildman–Crippen LogP) is 1.42. The van der Waals surface area contributed by atoms with E-state index in [0.29, 0.717) is 6.54 Å². The highest BCUT2D eigenvalue weighted by Gasteiger charge is 2.03. The molecule has 78 valence electrons. The Bertz CT molecular complexity index is 452. The van der Waals surface area contributed by atoms with Gasteiger partial charge in [0.15, 0.2) is 5.16 Å². The Balaban J connectivity index is 2.21. The molecule has 2 heterocycles. The lowest BCUT2D eigenvalue weighted by molar-refractivity contribution is 0.788. The number of aryl methyl sites for hydroxylation is 1. The van der Waals surface area contributed by atoms with E-state index in [2.05, 4.69) is 9.97 Å². The van der Waals surface area contributed by atoms with Crippen molar-refractivity contribution in [2.75, 3.05) is 0 Å². The van der Waals surface area contributed by atoms with Crippen molar-refractivity contribution >= 4 is 11.8 Å². The van der Waals surface area contributed by atoms with Crippen LogP contribution in [-0.4, -0.2) is 14.5 Å². The molecule has 2 aromatic rings. The second-order valence-corrected chi connectivity index (χ2v) is 4.08. The first-order valence-electron chi connectivity index (χ1n) is 4.61. The molecule has 0 aliphatic rings. The maximum Gasteiger partial charge on any atom is 0.174 e. The zero-order valence-electron chi connectivity index (χ0n) is 8.42. The van der Waals surface area contributed by atoms with E-state index in [-0.39, 0.29) is 0 Å². The molecule has 0 unspecified atom stereocenters. The smallest absolute Gasteiger partial charge is 0.174 e. The van der Waals surface area contributed by atoms with E-state index in [9.17, 15) is 0 Å². The number of aromatic nitrogens is 3. The molecule has 0 fully saturated rings. The third-order valence-electron chi connectivity index (χ3n) is 1.96. The highest BCUT2D eigenvalue weighted by Crippen LogP contribution is 2.23. The summed E-state index contributed by atoms with van der Waals surface area (Å²) in [4.78, 5) is 8.61. The Kier molecular flexibility index (Phi) is 3.03. The van der Waals surface area contributed by atoms with Crippen LogP contribution in [-0.2, 0) is 13.6 Å². The minimum Gasteiger partial charge on any atom is -0.329 e. The van der Waals surface area contributed by atoms with Crippen molar-refractivity contribution in [3.63, 3.8) is 0 Å². The van der Waals surface area contributed by atoms with E-state index in [1.807, 2.05) is 36.0 Å². The van der Waals surface area contributed by atoms with Crippen molar-refractivity contribution < 1.29 is 0 Å². The number of pyridine rings is 1. The van der Waals surface area contributed by atoms with Gasteiger partial charge in [-0.05, 0) is 23.9 Å². The summed E-state index contributed by atoms with van der Waals surface area (Å²) >= 11 is 1.54. The number of nitrogens with two attached hydrogens (primary N) is 1. The van der Waals surface area contributed by atoms with Crippen LogP contribution >= 0.6 is 11.8 Å². The number of hydrogen-bond donors (Lipinski definition) is 1. The van der Waals surface area contributed by atoms with E-state index in [4.69, 9.17) is 5.73 Å². The van der Waals surface area contributed by atoms with Gasteiger partial charge >= 0.3 is 0 Å². The number of imidazole rings is 1. The van der Waals surface area contributed by atoms with E-state index >= 15 is 0 Å². The Morgan fingerprint density at radius 2 is 2.33 bits per heavy atom. The quantitative estimate of drug-likeness (QED) is 0.850. The van der Waals surface area contributed by atoms with Gasteiger partial charge in [-0.3, -0.25) is 0 Å². The molecule has 2 rings (SSSR count). The summed E-state index contributed by atoms with van der Waals surface area (Å²) in [6.07, 6.45) is 3.68. The maximum absolute atomic E-state index is 5.53. The average molecular weight is 220 g/mol. The minimum atomic E-state index is 0.467. The lowest BCUT2D eigenvalue weighted by Gasteiger charge is -2.02. The summed E-state index contributed by atoms with van der Waals surface area (Å²) in [5, 5.41) is 1.85. The molecule has 0 saturated heterocycles. The molecule has 0 aromatic carbocycles. The topological polar surface area (TPSA) is 56.7 Å². The summed E-state index contributed by atoms with van der Waals surface area (Å²) in [5.74, 6) is 0. The molecule has 0 amide bonds. The number of hydrogen-bond acceptors (Lipinski definition) is 4. The van der Waals surface area contributed by atoms with Gasteiger partial charge in [0.25, 0.3) is 0 Å². The van der Waals surface area contributed by atoms with Gasteiger partial charge in [0.05, 0.1) is 5.69 Å². The van der Waals surface area contributed by atoms with Gasteiger partial charge in [-0.1, -0.05) is 6.07 Å². The lowest BCUT2D eigenvalue weighted by Crippen LogP contribution is -1.99. The summed E-state index contributed by atoms with van der Waals surface area (Å²) in [6, 6.07) is 5.83. The zero-order valence-corrected chi connectivity index (χ0v) is 9.24. The van der Waals surface area contributed by atoms with Crippen LogP contribution in [0.4, 0.5) is 0 Å². The molecule has 0 bridgehead atoms. The van der Waals surface area contributed by atoms with Gasteiger partial charge < -0.3 is 10.3 Å². The highest BCUT2D eigenvalue weighted by molar-refractivity contribution is 7.99. The van der Waals surface area contributed by atoms with E-state index in [1.165, 1.54) is 11.8 Å². The van der Waals surface area contributed by atoms with Crippen LogP contribution in [0.2, 0.25) is 0 Å². The monoisotopic (exact) mass is 220 g/mol. The van der Waals surface area contributed by atoms with Crippen molar-refractivity contribution in [1.29, 1.82) is 0 Å². The summed E-state index contributed by atoms with van der Waals surface area (Å²) in [5.41, 5.74) is 6.43. The molecule has 4 nitrogen and oxygen atoms in total. The molecular weight excluding hydrogens is 208 g/mol. The highest BCUT2D eigenvalue weighted by atomic mass is 32.2. The van der Waals surface area contributed by atoms with Gasteiger partial charge in [-0.15, -0.1) is 0 Å². The molecule has 2 aromatic heterocycles. The average Bonchev–Trinajstić information content (AvgIpc) is 2.65. The second kappa shape index (κ2) is 4.46. The van der Waals surface area contributed by atoms with E-state index < -0.39 is 0 Å². The first kappa shape index (κ1) is 10.2. The van der Waals surface area contributed by atoms with Gasteiger partial charge in [0.2, 0.25) is 0 Å². The van der Waals surface area contributed by atoms with Crippen LogP contribution < -0.4 is 5.73 Å². The van der Waals surface area contributed by atoms with E-state index in [1.54, 1.807) is 6.20 Å². The molecule has 0 aliphatic carbocycles. The fourth-order valence-corrected chi connectivity index (χ4v) is 1.99. The molecular formula is C10H12N4S. The summed E-state index contributed by atoms with van der Waals surface area (Å²) in [6.45, 7) is 0.467. The summed E-state index contributed by atoms with van der Waals surface area (Å²) in [7, 11) is 1.96. The predicted molar refractivity (Wildman–Crippen MR) is 59.5 cm³/mol. The first-order valence-corrected chi connectivity index (χ1v) is 5.42. The van der Waals surface area contributed by atoms with Crippen LogP contribution in [0, 0.1) is 0 Å². The minimum absolute atomic E-state index is 0.467. The summed E-state index contributed by atoms with van der Waals surface area (Å²) < 4.78 is 1.96. The molecule has 0 aliphatic heterocycles. The molecule has 0 radical (unpaired) electrons. The normalized spacial score (nSPS) is 10.5. The van der Waals surface area contributed by atoms with Crippen LogP contribution in [0.5, 0.6) is 0 Å². The number of nitrogens with zero attached hydrogens (tertiary/aromatic N) is 3. The van der Waals surface area contributed by atoms with Crippen LogP contribution in [0.1, 0.15) is 5.69 Å². The molecule has 0 saturated carbocycles. The van der Waals surface area contributed by atoms with Crippen LogP contribution in [0.3, 0.4) is 0 Å². The standard InChI is InChI=1S/C10H12N4S/c1-14-6-5-12-10(14)15-9-4-2-3-8(7-11)13-9/h2-6H,7,11H2,1H3. The molecule has 0 spiro atoms. The Morgan fingerprint density at radius 3 is 3.00 bits per heavy atom. The Morgan fingerprint density at radius 1 is 1.47 bits per heavy atom. The van der Waals surface area contributed by atoms with Gasteiger partial charge in [0.1, 0.15) is 5.03 Å². The maximum atomic E-state index is 5.53. The third kappa shape index (κ3) is 2.37. The van der Waals surface area contributed by atoms with Gasteiger partial charge in [-0.2, -0.15) is 0 Å². The Labute approximate surface area is 92.5 Å². The van der Waals surface area contributed by atoms with Crippen LogP contribution in [0.15, 0.2) is 40.8 Å². The van der Waals surface area contributed by atoms with Gasteiger partial charge in [-0.25, -0.2) is 9.97 Å². The fraction of sp³-hybridized carbons (Fsp3) is 0.200. The van der Waals surface area contributed by atoms with Crippen molar-refractivity contribution in [2.24, 2.45) is 12.8 Å². The van der Waals surface area contributed by atoms with Crippen molar-refractivity contribution in [3.8, 4) is 0 Å². The third-order valence-corrected chi connectivity index (χ3v) is 2.98. The SMILES string of the molecule is Cn1ccnc1Sc1cccc(CN)n1. The van der Waals surface area contributed by atoms with E-state index in [0.717, 1.165) is 15.9 Å². The first-order chi connectivity index (χ1) is 7.29. The molecule has 5 heteroatoms. The lowest BCUT2D eigenvalue weighted by atomic mass is 10.4. The Hall–Kier alpha value is -1.33. The molecule has 2 N–H and O–H groups in total. The van der Waals surface area contributed by atoms with Crippen molar-refractivity contribution in [3.05, 3.63) is 36.3 Å². The second-order valence-electron chi connectivity index (χ2n) is 3.09. The van der Waals surface area contributed by atoms with Crippen LogP contribution in [0.25, 0.3) is 0 Å². The molecule has 0 atom stereocenters. The number of rotatable bonds is 3. The van der Waals surface area contributed by atoms with Crippen molar-refractivity contribution in [1.82, 2.24) is 14.5 Å². The molecule has 15 heavy (non-hydrogen) atoms. The fourth-order valence-electron chi connectivity index (χ4n) is 1.17.